The summed E-state index contributed by atoms with van der Waals surface area (Å²) in [6.45, 7) is 2.57. The van der Waals surface area contributed by atoms with Crippen molar-refractivity contribution in [2.75, 3.05) is 23.9 Å². The molecule has 3 rings (SSSR count). The number of aryl methyl sites for hydroxylation is 1. The predicted molar refractivity (Wildman–Crippen MR) is 113 cm³/mol. The molecule has 1 atom stereocenters. The molecule has 0 unspecified atom stereocenters. The Hall–Kier alpha value is -2.12. The molecule has 1 aliphatic heterocycles. The van der Waals surface area contributed by atoms with E-state index in [0.29, 0.717) is 18.1 Å². The van der Waals surface area contributed by atoms with Gasteiger partial charge in [-0.15, -0.1) is 0 Å². The maximum Gasteiger partial charge on any atom is 0.174 e. The largest absolute Gasteiger partial charge is 0.497 e. The average Bonchev–Trinajstić information content (AvgIpc) is 3.01. The van der Waals surface area contributed by atoms with Crippen molar-refractivity contribution in [3.05, 3.63) is 59.7 Å². The van der Waals surface area contributed by atoms with E-state index in [0.717, 1.165) is 17.0 Å². The molecule has 5 nitrogen and oxygen atoms in total. The van der Waals surface area contributed by atoms with Gasteiger partial charge in [-0.2, -0.15) is 0 Å². The van der Waals surface area contributed by atoms with Gasteiger partial charge in [-0.05, 0) is 55.4 Å². The minimum absolute atomic E-state index is 0.123. The fourth-order valence-corrected chi connectivity index (χ4v) is 5.21. The van der Waals surface area contributed by atoms with Crippen LogP contribution in [0.25, 0.3) is 0 Å². The number of anilines is 1. The van der Waals surface area contributed by atoms with Crippen molar-refractivity contribution in [1.29, 1.82) is 0 Å². The van der Waals surface area contributed by atoms with Gasteiger partial charge in [-0.3, -0.25) is 0 Å². The normalized spacial score (nSPS) is 18.1. The summed E-state index contributed by atoms with van der Waals surface area (Å²) in [6, 6.07) is 15.6. The van der Waals surface area contributed by atoms with Crippen LogP contribution < -0.4 is 10.1 Å². The fraction of sp³-hybridized carbons (Fsp3) is 0.350. The summed E-state index contributed by atoms with van der Waals surface area (Å²) < 4.78 is 29.2. The highest BCUT2D eigenvalue weighted by atomic mass is 32.2. The summed E-state index contributed by atoms with van der Waals surface area (Å²) in [7, 11) is -1.37. The summed E-state index contributed by atoms with van der Waals surface area (Å²) in [5.74, 6) is 1.14. The second kappa shape index (κ2) is 8.27. The summed E-state index contributed by atoms with van der Waals surface area (Å²) in [5.41, 5.74) is 3.11. The zero-order valence-electron chi connectivity index (χ0n) is 15.5. The summed E-state index contributed by atoms with van der Waals surface area (Å²) >= 11 is 5.64. The smallest absolute Gasteiger partial charge is 0.174 e. The molecule has 0 amide bonds. The van der Waals surface area contributed by atoms with Crippen LogP contribution in [0.4, 0.5) is 5.69 Å². The van der Waals surface area contributed by atoms with Gasteiger partial charge in [-0.25, -0.2) is 8.42 Å². The number of ether oxygens (including phenoxy) is 1. The van der Waals surface area contributed by atoms with E-state index in [9.17, 15) is 8.42 Å². The van der Waals surface area contributed by atoms with Gasteiger partial charge >= 0.3 is 0 Å². The van der Waals surface area contributed by atoms with Crippen molar-refractivity contribution < 1.29 is 13.2 Å². The van der Waals surface area contributed by atoms with Crippen LogP contribution in [-0.2, 0) is 16.4 Å². The fourth-order valence-electron chi connectivity index (χ4n) is 3.15. The lowest BCUT2D eigenvalue weighted by Gasteiger charge is -2.31. The Morgan fingerprint density at radius 3 is 2.41 bits per heavy atom. The van der Waals surface area contributed by atoms with E-state index in [1.807, 2.05) is 60.4 Å². The molecule has 0 aliphatic carbocycles. The van der Waals surface area contributed by atoms with Crippen LogP contribution in [0.1, 0.15) is 17.5 Å². The second-order valence-electron chi connectivity index (χ2n) is 6.83. The molecular formula is C20H24N2O3S2. The van der Waals surface area contributed by atoms with Crippen molar-refractivity contribution in [3.8, 4) is 5.75 Å². The third-order valence-electron chi connectivity index (χ3n) is 4.72. The van der Waals surface area contributed by atoms with Gasteiger partial charge in [0.05, 0.1) is 18.6 Å². The number of hydrogen-bond donors (Lipinski definition) is 1. The molecule has 1 fully saturated rings. The van der Waals surface area contributed by atoms with Gasteiger partial charge in [0, 0.05) is 18.3 Å². The minimum atomic E-state index is -3.00. The van der Waals surface area contributed by atoms with Crippen LogP contribution in [-0.4, -0.2) is 43.1 Å². The van der Waals surface area contributed by atoms with Crippen LogP contribution in [0.5, 0.6) is 5.75 Å². The number of rotatable bonds is 5. The molecule has 0 radical (unpaired) electrons. The Balaban J connectivity index is 1.79. The number of benzene rings is 2. The van der Waals surface area contributed by atoms with Crippen molar-refractivity contribution in [2.45, 2.75) is 25.9 Å². The molecule has 2 aromatic rings. The zero-order chi connectivity index (χ0) is 19.4. The Morgan fingerprint density at radius 1 is 1.19 bits per heavy atom. The average molecular weight is 405 g/mol. The third kappa shape index (κ3) is 5.20. The SMILES string of the molecule is COc1ccc(CN(C(=S)Nc2ccc(C)cc2)[C@H]2CCS(=O)(=O)C2)cc1. The van der Waals surface area contributed by atoms with Crippen LogP contribution >= 0.6 is 12.2 Å². The van der Waals surface area contributed by atoms with Crippen molar-refractivity contribution in [2.24, 2.45) is 0 Å². The van der Waals surface area contributed by atoms with Gasteiger partial charge in [0.1, 0.15) is 5.75 Å². The lowest BCUT2D eigenvalue weighted by atomic mass is 10.1. The minimum Gasteiger partial charge on any atom is -0.497 e. The number of thiocarbonyl (C=S) groups is 1. The second-order valence-corrected chi connectivity index (χ2v) is 9.44. The molecule has 144 valence electrons. The monoisotopic (exact) mass is 404 g/mol. The van der Waals surface area contributed by atoms with E-state index in [2.05, 4.69) is 5.32 Å². The number of sulfone groups is 1. The molecule has 2 aromatic carbocycles. The highest BCUT2D eigenvalue weighted by Crippen LogP contribution is 2.22. The summed E-state index contributed by atoms with van der Waals surface area (Å²) in [4.78, 5) is 1.99. The van der Waals surface area contributed by atoms with Gasteiger partial charge in [0.25, 0.3) is 0 Å². The van der Waals surface area contributed by atoms with Crippen molar-refractivity contribution in [3.63, 3.8) is 0 Å². The summed E-state index contributed by atoms with van der Waals surface area (Å²) in [5, 5.41) is 3.79. The van der Waals surface area contributed by atoms with E-state index < -0.39 is 9.84 Å². The number of methoxy groups -OCH3 is 1. The van der Waals surface area contributed by atoms with E-state index in [1.165, 1.54) is 5.56 Å². The molecule has 0 aromatic heterocycles. The lowest BCUT2D eigenvalue weighted by molar-refractivity contribution is 0.332. The third-order valence-corrected chi connectivity index (χ3v) is 6.81. The van der Waals surface area contributed by atoms with E-state index in [-0.39, 0.29) is 17.5 Å². The number of hydrogen-bond acceptors (Lipinski definition) is 4. The molecule has 0 bridgehead atoms. The van der Waals surface area contributed by atoms with E-state index in [1.54, 1.807) is 7.11 Å². The van der Waals surface area contributed by atoms with Crippen molar-refractivity contribution >= 4 is 32.9 Å². The lowest BCUT2D eigenvalue weighted by Crippen LogP contribution is -2.43. The Kier molecular flexibility index (Phi) is 6.01. The highest BCUT2D eigenvalue weighted by Gasteiger charge is 2.33. The highest BCUT2D eigenvalue weighted by molar-refractivity contribution is 7.91. The maximum absolute atomic E-state index is 12.0. The van der Waals surface area contributed by atoms with Crippen LogP contribution in [0.2, 0.25) is 0 Å². The molecule has 0 saturated carbocycles. The topological polar surface area (TPSA) is 58.6 Å². The number of nitrogens with zero attached hydrogens (tertiary/aromatic N) is 1. The van der Waals surface area contributed by atoms with Gasteiger partial charge in [0.2, 0.25) is 0 Å². The molecule has 1 N–H and O–H groups in total. The first-order valence-electron chi connectivity index (χ1n) is 8.84. The molecule has 1 heterocycles. The van der Waals surface area contributed by atoms with Crippen molar-refractivity contribution in [1.82, 2.24) is 4.90 Å². The maximum atomic E-state index is 12.0. The van der Waals surface area contributed by atoms with Crippen LogP contribution in [0, 0.1) is 6.92 Å². The first-order valence-corrected chi connectivity index (χ1v) is 11.1. The first kappa shape index (κ1) is 19.6. The molecule has 0 spiro atoms. The molecule has 27 heavy (non-hydrogen) atoms. The first-order chi connectivity index (χ1) is 12.9. The summed E-state index contributed by atoms with van der Waals surface area (Å²) in [6.07, 6.45) is 0.591. The molecule has 7 heteroatoms. The van der Waals surface area contributed by atoms with Gasteiger partial charge in [0.15, 0.2) is 14.9 Å². The molecule has 1 aliphatic rings. The van der Waals surface area contributed by atoms with Crippen LogP contribution in [0.15, 0.2) is 48.5 Å². The standard InChI is InChI=1S/C20H24N2O3S2/c1-15-3-7-17(8-4-15)21-20(26)22(18-11-12-27(23,24)14-18)13-16-5-9-19(25-2)10-6-16/h3-10,18H,11-14H2,1-2H3,(H,21,26)/t18-/m0/s1. The number of nitrogens with one attached hydrogen (secondary N) is 1. The Bertz CT molecular complexity index is 894. The predicted octanol–water partition coefficient (Wildman–Crippen LogP) is 3.39. The van der Waals surface area contributed by atoms with Crippen LogP contribution in [0.3, 0.4) is 0 Å². The van der Waals surface area contributed by atoms with E-state index in [4.69, 9.17) is 17.0 Å². The molecule has 1 saturated heterocycles. The molecular weight excluding hydrogens is 380 g/mol. The van der Waals surface area contributed by atoms with Gasteiger partial charge in [-0.1, -0.05) is 29.8 Å². The van der Waals surface area contributed by atoms with Gasteiger partial charge < -0.3 is 15.0 Å². The quantitative estimate of drug-likeness (QED) is 0.771. The Labute approximate surface area is 166 Å². The van der Waals surface area contributed by atoms with E-state index >= 15 is 0 Å². The zero-order valence-corrected chi connectivity index (χ0v) is 17.1. The Morgan fingerprint density at radius 2 is 1.85 bits per heavy atom.